The van der Waals surface area contributed by atoms with Crippen LogP contribution >= 0.6 is 11.3 Å². The molecule has 1 aromatic heterocycles. The molecule has 1 N–H and O–H groups in total. The van der Waals surface area contributed by atoms with Crippen molar-refractivity contribution < 1.29 is 19.1 Å². The van der Waals surface area contributed by atoms with Gasteiger partial charge in [-0.2, -0.15) is 0 Å². The van der Waals surface area contributed by atoms with E-state index in [-0.39, 0.29) is 23.8 Å². The molecule has 0 bridgehead atoms. The molecule has 1 fully saturated rings. The van der Waals surface area contributed by atoms with Gasteiger partial charge in [-0.25, -0.2) is 0 Å². The van der Waals surface area contributed by atoms with Gasteiger partial charge in [-0.1, -0.05) is 29.8 Å². The number of carbonyl (C=O) groups excluding carboxylic acids is 2. The number of ether oxygens (including phenoxy) is 2. The largest absolute Gasteiger partial charge is 0.493 e. The van der Waals surface area contributed by atoms with Gasteiger partial charge in [0.25, 0.3) is 0 Å². The van der Waals surface area contributed by atoms with Gasteiger partial charge >= 0.3 is 0 Å². The first-order valence-corrected chi connectivity index (χ1v) is 12.3. The zero-order valence-electron chi connectivity index (χ0n) is 19.7. The van der Waals surface area contributed by atoms with E-state index in [1.54, 1.807) is 25.6 Å². The van der Waals surface area contributed by atoms with Crippen molar-refractivity contribution in [3.63, 3.8) is 0 Å². The summed E-state index contributed by atoms with van der Waals surface area (Å²) in [4.78, 5) is 29.2. The number of nitrogens with zero attached hydrogens (tertiary/aromatic N) is 1. The number of aryl methyl sites for hydroxylation is 1. The van der Waals surface area contributed by atoms with E-state index in [2.05, 4.69) is 5.32 Å². The van der Waals surface area contributed by atoms with E-state index in [1.165, 1.54) is 0 Å². The van der Waals surface area contributed by atoms with Crippen LogP contribution in [0.2, 0.25) is 0 Å². The van der Waals surface area contributed by atoms with E-state index in [0.29, 0.717) is 37.3 Å². The van der Waals surface area contributed by atoms with Crippen molar-refractivity contribution in [3.05, 3.63) is 76.0 Å². The number of amides is 2. The molecule has 1 aliphatic heterocycles. The number of piperidine rings is 1. The number of nitrogens with one attached hydrogen (secondary N) is 1. The van der Waals surface area contributed by atoms with Gasteiger partial charge < -0.3 is 19.7 Å². The lowest BCUT2D eigenvalue weighted by molar-refractivity contribution is -0.129. The molecule has 2 heterocycles. The van der Waals surface area contributed by atoms with Crippen LogP contribution in [0.5, 0.6) is 11.5 Å². The number of methoxy groups -OCH3 is 2. The van der Waals surface area contributed by atoms with E-state index in [4.69, 9.17) is 9.47 Å². The van der Waals surface area contributed by atoms with Gasteiger partial charge in [0.2, 0.25) is 11.8 Å². The maximum absolute atomic E-state index is 13.4. The monoisotopic (exact) mass is 478 g/mol. The SMILES string of the molecule is COc1ccc(CCNC(=O)C2CCC(=O)N(c3ccc(C)cc3)C2c2cccs2)cc1OC. The van der Waals surface area contributed by atoms with Crippen molar-refractivity contribution >= 4 is 28.8 Å². The predicted molar refractivity (Wildman–Crippen MR) is 135 cm³/mol. The van der Waals surface area contributed by atoms with E-state index in [1.807, 2.05) is 71.8 Å². The number of carbonyl (C=O) groups is 2. The molecule has 4 rings (SSSR count). The van der Waals surface area contributed by atoms with E-state index in [9.17, 15) is 9.59 Å². The number of anilines is 1. The number of benzene rings is 2. The number of rotatable bonds is 8. The van der Waals surface area contributed by atoms with Gasteiger partial charge in [-0.3, -0.25) is 9.59 Å². The Morgan fingerprint density at radius 3 is 2.53 bits per heavy atom. The molecule has 0 saturated carbocycles. The molecule has 3 aromatic rings. The Hall–Kier alpha value is -3.32. The molecule has 0 aliphatic carbocycles. The van der Waals surface area contributed by atoms with E-state index in [0.717, 1.165) is 21.7 Å². The van der Waals surface area contributed by atoms with E-state index >= 15 is 0 Å². The minimum atomic E-state index is -0.317. The molecular weight excluding hydrogens is 448 g/mol. The van der Waals surface area contributed by atoms with Gasteiger partial charge in [-0.15, -0.1) is 11.3 Å². The number of hydrogen-bond acceptors (Lipinski definition) is 5. The van der Waals surface area contributed by atoms with Crippen molar-refractivity contribution in [2.75, 3.05) is 25.7 Å². The predicted octanol–water partition coefficient (Wildman–Crippen LogP) is 4.92. The summed E-state index contributed by atoms with van der Waals surface area (Å²) in [7, 11) is 3.22. The molecule has 2 aromatic carbocycles. The summed E-state index contributed by atoms with van der Waals surface area (Å²) in [6.07, 6.45) is 1.55. The zero-order valence-corrected chi connectivity index (χ0v) is 20.6. The quantitative estimate of drug-likeness (QED) is 0.499. The maximum atomic E-state index is 13.4. The fourth-order valence-corrected chi connectivity index (χ4v) is 5.34. The third kappa shape index (κ3) is 5.09. The molecule has 7 heteroatoms. The van der Waals surface area contributed by atoms with Gasteiger partial charge in [0.15, 0.2) is 11.5 Å². The molecular formula is C27H30N2O4S. The Morgan fingerprint density at radius 2 is 1.85 bits per heavy atom. The minimum Gasteiger partial charge on any atom is -0.493 e. The number of hydrogen-bond donors (Lipinski definition) is 1. The zero-order chi connectivity index (χ0) is 24.1. The molecule has 0 radical (unpaired) electrons. The highest BCUT2D eigenvalue weighted by Gasteiger charge is 2.41. The smallest absolute Gasteiger partial charge is 0.227 e. The van der Waals surface area contributed by atoms with Crippen molar-refractivity contribution in [3.8, 4) is 11.5 Å². The van der Waals surface area contributed by atoms with Crippen molar-refractivity contribution in [1.29, 1.82) is 0 Å². The Morgan fingerprint density at radius 1 is 1.09 bits per heavy atom. The van der Waals surface area contributed by atoms with Crippen LogP contribution in [0.3, 0.4) is 0 Å². The molecule has 1 saturated heterocycles. The summed E-state index contributed by atoms with van der Waals surface area (Å²) in [5, 5.41) is 5.10. The normalized spacial score (nSPS) is 18.0. The van der Waals surface area contributed by atoms with Crippen molar-refractivity contribution in [2.45, 2.75) is 32.2 Å². The van der Waals surface area contributed by atoms with Crippen molar-refractivity contribution in [1.82, 2.24) is 5.32 Å². The third-order valence-electron chi connectivity index (χ3n) is 6.24. The average molecular weight is 479 g/mol. The second-order valence-electron chi connectivity index (χ2n) is 8.44. The maximum Gasteiger partial charge on any atom is 0.227 e. The van der Waals surface area contributed by atoms with Crippen LogP contribution in [-0.2, 0) is 16.0 Å². The molecule has 178 valence electrons. The first-order valence-electron chi connectivity index (χ1n) is 11.4. The van der Waals surface area contributed by atoms with Crippen LogP contribution in [0, 0.1) is 12.8 Å². The lowest BCUT2D eigenvalue weighted by Gasteiger charge is -2.40. The first-order chi connectivity index (χ1) is 16.5. The summed E-state index contributed by atoms with van der Waals surface area (Å²) < 4.78 is 10.7. The van der Waals surface area contributed by atoms with Crippen LogP contribution in [0.25, 0.3) is 0 Å². The minimum absolute atomic E-state index is 0.0245. The molecule has 6 nitrogen and oxygen atoms in total. The topological polar surface area (TPSA) is 67.9 Å². The number of thiophene rings is 1. The van der Waals surface area contributed by atoms with Crippen LogP contribution < -0.4 is 19.7 Å². The van der Waals surface area contributed by atoms with Crippen LogP contribution in [0.15, 0.2) is 60.0 Å². The Bertz CT molecular complexity index is 1130. The molecule has 2 amide bonds. The fourth-order valence-electron chi connectivity index (χ4n) is 4.46. The van der Waals surface area contributed by atoms with Gasteiger partial charge in [0.1, 0.15) is 0 Å². The summed E-state index contributed by atoms with van der Waals surface area (Å²) in [5.41, 5.74) is 3.01. The lowest BCUT2D eigenvalue weighted by Crippen LogP contribution is -2.48. The summed E-state index contributed by atoms with van der Waals surface area (Å²) in [6.45, 7) is 2.52. The van der Waals surface area contributed by atoms with Gasteiger partial charge in [0.05, 0.1) is 26.2 Å². The second kappa shape index (κ2) is 10.7. The van der Waals surface area contributed by atoms with Crippen molar-refractivity contribution in [2.24, 2.45) is 5.92 Å². The van der Waals surface area contributed by atoms with Crippen LogP contribution in [0.1, 0.15) is 34.9 Å². The van der Waals surface area contributed by atoms with Gasteiger partial charge in [0, 0.05) is 23.5 Å². The standard InChI is InChI=1S/C27H30N2O4S/c1-18-6-9-20(10-7-18)29-25(30)13-11-21(26(29)24-5-4-16-34-24)27(31)28-15-14-19-8-12-22(32-2)23(17-19)33-3/h4-10,12,16-17,21,26H,11,13-15H2,1-3H3,(H,28,31). The summed E-state index contributed by atoms with van der Waals surface area (Å²) in [6, 6.07) is 17.4. The molecule has 0 spiro atoms. The van der Waals surface area contributed by atoms with E-state index < -0.39 is 0 Å². The molecule has 1 aliphatic rings. The van der Waals surface area contributed by atoms with Crippen LogP contribution in [0.4, 0.5) is 5.69 Å². The Labute approximate surface area is 204 Å². The fraction of sp³-hybridized carbons (Fsp3) is 0.333. The third-order valence-corrected chi connectivity index (χ3v) is 7.18. The van der Waals surface area contributed by atoms with Gasteiger partial charge in [-0.05, 0) is 61.0 Å². The summed E-state index contributed by atoms with van der Waals surface area (Å²) >= 11 is 1.58. The highest BCUT2D eigenvalue weighted by Crippen LogP contribution is 2.41. The highest BCUT2D eigenvalue weighted by atomic mass is 32.1. The Balaban J connectivity index is 1.50. The Kier molecular flexibility index (Phi) is 7.53. The average Bonchev–Trinajstić information content (AvgIpc) is 3.39. The molecule has 2 atom stereocenters. The lowest BCUT2D eigenvalue weighted by atomic mass is 9.86. The molecule has 34 heavy (non-hydrogen) atoms. The first kappa shape index (κ1) is 23.8. The highest BCUT2D eigenvalue weighted by molar-refractivity contribution is 7.10. The summed E-state index contributed by atoms with van der Waals surface area (Å²) in [5.74, 6) is 1.06. The second-order valence-corrected chi connectivity index (χ2v) is 9.41. The molecule has 2 unspecified atom stereocenters. The van der Waals surface area contributed by atoms with Crippen LogP contribution in [-0.4, -0.2) is 32.6 Å².